The molecule has 0 spiro atoms. The lowest BCUT2D eigenvalue weighted by molar-refractivity contribution is 0.0995. The van der Waals surface area contributed by atoms with E-state index in [2.05, 4.69) is 10.4 Å². The average molecular weight is 276 g/mol. The fraction of sp³-hybridized carbons (Fsp3) is 0.429. The molecule has 0 bridgehead atoms. The summed E-state index contributed by atoms with van der Waals surface area (Å²) in [5, 5.41) is 7.28. The number of amides is 1. The van der Waals surface area contributed by atoms with Gasteiger partial charge in [-0.2, -0.15) is 5.10 Å². The first-order valence-electron chi connectivity index (χ1n) is 6.59. The van der Waals surface area contributed by atoms with Gasteiger partial charge in [0.2, 0.25) is 0 Å². The second-order valence-corrected chi connectivity index (χ2v) is 5.01. The van der Waals surface area contributed by atoms with Gasteiger partial charge in [-0.15, -0.1) is 0 Å². The van der Waals surface area contributed by atoms with E-state index in [0.29, 0.717) is 5.76 Å². The van der Waals surface area contributed by atoms with E-state index in [0.717, 1.165) is 17.1 Å². The Labute approximate surface area is 117 Å². The first-order chi connectivity index (χ1) is 9.43. The highest BCUT2D eigenvalue weighted by Crippen LogP contribution is 2.23. The second kappa shape index (κ2) is 5.50. The highest BCUT2D eigenvalue weighted by Gasteiger charge is 2.18. The summed E-state index contributed by atoms with van der Waals surface area (Å²) in [7, 11) is 0. The van der Waals surface area contributed by atoms with Gasteiger partial charge >= 0.3 is 0 Å². The summed E-state index contributed by atoms with van der Waals surface area (Å²) in [6, 6.07) is 3.56. The monoisotopic (exact) mass is 276 g/mol. The van der Waals surface area contributed by atoms with E-state index in [4.69, 9.17) is 10.2 Å². The number of furan rings is 1. The number of nitrogens with zero attached hydrogens (tertiary/aromatic N) is 2. The summed E-state index contributed by atoms with van der Waals surface area (Å²) in [4.78, 5) is 12.1. The summed E-state index contributed by atoms with van der Waals surface area (Å²) >= 11 is 0. The van der Waals surface area contributed by atoms with Crippen molar-refractivity contribution in [2.24, 2.45) is 5.73 Å². The molecule has 0 aromatic carbocycles. The molecule has 2 heterocycles. The van der Waals surface area contributed by atoms with Crippen molar-refractivity contribution in [3.05, 3.63) is 35.0 Å². The molecule has 0 saturated carbocycles. The maximum absolute atomic E-state index is 12.1. The zero-order chi connectivity index (χ0) is 14.9. The normalized spacial score (nSPS) is 11.1. The Balaban J connectivity index is 2.23. The van der Waals surface area contributed by atoms with E-state index < -0.39 is 0 Å². The van der Waals surface area contributed by atoms with Crippen LogP contribution in [0.15, 0.2) is 16.5 Å². The van der Waals surface area contributed by atoms with E-state index in [-0.39, 0.29) is 24.3 Å². The van der Waals surface area contributed by atoms with E-state index in [9.17, 15) is 4.79 Å². The molecule has 6 nitrogen and oxygen atoms in total. The summed E-state index contributed by atoms with van der Waals surface area (Å²) in [5.41, 5.74) is 7.91. The molecule has 0 atom stereocenters. The molecular weight excluding hydrogens is 256 g/mol. The molecule has 2 aromatic heterocycles. The van der Waals surface area contributed by atoms with Crippen molar-refractivity contribution in [3.63, 3.8) is 0 Å². The number of nitrogens with one attached hydrogen (secondary N) is 1. The van der Waals surface area contributed by atoms with E-state index >= 15 is 0 Å². The zero-order valence-electron chi connectivity index (χ0n) is 12.2. The van der Waals surface area contributed by atoms with E-state index in [1.54, 1.807) is 12.1 Å². The minimum absolute atomic E-state index is 0.242. The Hall–Kier alpha value is -2.08. The quantitative estimate of drug-likeness (QED) is 0.897. The molecule has 0 aliphatic carbocycles. The maximum atomic E-state index is 12.1. The number of hydrogen-bond donors (Lipinski definition) is 2. The highest BCUT2D eigenvalue weighted by atomic mass is 16.4. The molecule has 1 amide bonds. The first kappa shape index (κ1) is 14.3. The molecule has 6 heteroatoms. The van der Waals surface area contributed by atoms with Gasteiger partial charge in [-0.1, -0.05) is 0 Å². The van der Waals surface area contributed by atoms with Crippen molar-refractivity contribution >= 4 is 11.6 Å². The molecule has 0 radical (unpaired) electrons. The number of anilines is 1. The number of aromatic nitrogens is 2. The summed E-state index contributed by atoms with van der Waals surface area (Å²) < 4.78 is 7.22. The van der Waals surface area contributed by atoms with Crippen molar-refractivity contribution < 1.29 is 9.21 Å². The molecule has 0 unspecified atom stereocenters. The number of carbonyl (C=O) groups is 1. The van der Waals surface area contributed by atoms with Crippen molar-refractivity contribution in [1.29, 1.82) is 0 Å². The third-order valence-electron chi connectivity index (χ3n) is 3.14. The number of rotatable bonds is 4. The van der Waals surface area contributed by atoms with Crippen LogP contribution in [-0.4, -0.2) is 15.7 Å². The predicted octanol–water partition coefficient (Wildman–Crippen LogP) is 2.38. The van der Waals surface area contributed by atoms with Gasteiger partial charge < -0.3 is 15.5 Å². The van der Waals surface area contributed by atoms with Crippen molar-refractivity contribution in [2.75, 3.05) is 5.32 Å². The third-order valence-corrected chi connectivity index (χ3v) is 3.14. The number of aryl methyl sites for hydroxylation is 1. The molecule has 0 aliphatic heterocycles. The van der Waals surface area contributed by atoms with Crippen LogP contribution in [0.25, 0.3) is 0 Å². The Bertz CT molecular complexity index is 625. The molecule has 2 aromatic rings. The highest BCUT2D eigenvalue weighted by molar-refractivity contribution is 6.02. The van der Waals surface area contributed by atoms with E-state index in [1.165, 1.54) is 0 Å². The third kappa shape index (κ3) is 2.60. The summed E-state index contributed by atoms with van der Waals surface area (Å²) in [6.45, 7) is 8.17. The molecule has 3 N–H and O–H groups in total. The first-order valence-corrected chi connectivity index (χ1v) is 6.59. The van der Waals surface area contributed by atoms with Crippen LogP contribution in [0.5, 0.6) is 0 Å². The SMILES string of the molecule is Cc1nn(C(C)C)c(C)c1NC(=O)c1ccc(CN)o1. The van der Waals surface area contributed by atoms with Crippen molar-refractivity contribution in [3.8, 4) is 0 Å². The average Bonchev–Trinajstić information content (AvgIpc) is 2.98. The van der Waals surface area contributed by atoms with Crippen LogP contribution < -0.4 is 11.1 Å². The Morgan fingerprint density at radius 3 is 2.65 bits per heavy atom. The fourth-order valence-corrected chi connectivity index (χ4v) is 2.13. The maximum Gasteiger partial charge on any atom is 0.291 e. The number of hydrogen-bond acceptors (Lipinski definition) is 4. The van der Waals surface area contributed by atoms with Gasteiger partial charge in [-0.3, -0.25) is 9.48 Å². The van der Waals surface area contributed by atoms with Crippen LogP contribution in [0, 0.1) is 13.8 Å². The van der Waals surface area contributed by atoms with Crippen LogP contribution in [-0.2, 0) is 6.54 Å². The largest absolute Gasteiger partial charge is 0.455 e. The van der Waals surface area contributed by atoms with Crippen LogP contribution in [0.1, 0.15) is 47.6 Å². The molecular formula is C14H20N4O2. The molecule has 0 saturated heterocycles. The smallest absolute Gasteiger partial charge is 0.291 e. The van der Waals surface area contributed by atoms with Gasteiger partial charge in [0.1, 0.15) is 5.76 Å². The van der Waals surface area contributed by atoms with Crippen LogP contribution in [0.2, 0.25) is 0 Å². The fourth-order valence-electron chi connectivity index (χ4n) is 2.13. The van der Waals surface area contributed by atoms with Crippen molar-refractivity contribution in [2.45, 2.75) is 40.3 Å². The zero-order valence-corrected chi connectivity index (χ0v) is 12.2. The van der Waals surface area contributed by atoms with Gasteiger partial charge in [0, 0.05) is 6.04 Å². The Morgan fingerprint density at radius 1 is 1.45 bits per heavy atom. The minimum Gasteiger partial charge on any atom is -0.455 e. The topological polar surface area (TPSA) is 86.1 Å². The molecule has 20 heavy (non-hydrogen) atoms. The lowest BCUT2D eigenvalue weighted by Gasteiger charge is -2.08. The predicted molar refractivity (Wildman–Crippen MR) is 76.6 cm³/mol. The lowest BCUT2D eigenvalue weighted by atomic mass is 10.3. The number of carbonyl (C=O) groups excluding carboxylic acids is 1. The lowest BCUT2D eigenvalue weighted by Crippen LogP contribution is -2.13. The Kier molecular flexibility index (Phi) is 3.94. The van der Waals surface area contributed by atoms with Gasteiger partial charge in [-0.05, 0) is 39.8 Å². The van der Waals surface area contributed by atoms with Gasteiger partial charge in [0.05, 0.1) is 23.6 Å². The van der Waals surface area contributed by atoms with Gasteiger partial charge in [0.15, 0.2) is 5.76 Å². The van der Waals surface area contributed by atoms with Crippen molar-refractivity contribution in [1.82, 2.24) is 9.78 Å². The van der Waals surface area contributed by atoms with Gasteiger partial charge in [0.25, 0.3) is 5.91 Å². The molecule has 0 aliphatic rings. The second-order valence-electron chi connectivity index (χ2n) is 5.01. The van der Waals surface area contributed by atoms with Crippen LogP contribution >= 0.6 is 0 Å². The van der Waals surface area contributed by atoms with Gasteiger partial charge in [-0.25, -0.2) is 0 Å². The standard InChI is InChI=1S/C14H20N4O2/c1-8(2)18-10(4)13(9(3)17-18)16-14(19)12-6-5-11(7-15)20-12/h5-6,8H,7,15H2,1-4H3,(H,16,19). The van der Waals surface area contributed by atoms with Crippen LogP contribution in [0.4, 0.5) is 5.69 Å². The van der Waals surface area contributed by atoms with E-state index in [1.807, 2.05) is 32.4 Å². The molecule has 108 valence electrons. The molecule has 0 fully saturated rings. The number of nitrogens with two attached hydrogens (primary N) is 1. The molecule has 2 rings (SSSR count). The summed E-state index contributed by atoms with van der Waals surface area (Å²) in [6.07, 6.45) is 0. The van der Waals surface area contributed by atoms with Crippen LogP contribution in [0.3, 0.4) is 0 Å². The minimum atomic E-state index is -0.292. The summed E-state index contributed by atoms with van der Waals surface area (Å²) in [5.74, 6) is 0.544. The Morgan fingerprint density at radius 2 is 2.15 bits per heavy atom.